The predicted octanol–water partition coefficient (Wildman–Crippen LogP) is 1.77. The number of ether oxygens (including phenoxy) is 1. The van der Waals surface area contributed by atoms with Gasteiger partial charge in [0.05, 0.1) is 7.11 Å². The van der Waals surface area contributed by atoms with Crippen LogP contribution in [0.4, 0.5) is 0 Å². The minimum Gasteiger partial charge on any atom is -0.504 e. The number of methoxy groups -OCH3 is 1. The number of hydrogen-bond donors (Lipinski definition) is 3. The van der Waals surface area contributed by atoms with Gasteiger partial charge in [-0.1, -0.05) is 13.3 Å². The van der Waals surface area contributed by atoms with Gasteiger partial charge < -0.3 is 20.3 Å². The molecular formula is C14H19NO5. The molecule has 0 saturated carbocycles. The van der Waals surface area contributed by atoms with E-state index in [4.69, 9.17) is 4.74 Å². The van der Waals surface area contributed by atoms with E-state index in [2.05, 4.69) is 5.32 Å². The van der Waals surface area contributed by atoms with Gasteiger partial charge in [-0.2, -0.15) is 0 Å². The maximum atomic E-state index is 12.1. The largest absolute Gasteiger partial charge is 0.504 e. The van der Waals surface area contributed by atoms with Crippen LogP contribution in [0.25, 0.3) is 0 Å². The Morgan fingerprint density at radius 3 is 2.50 bits per heavy atom. The van der Waals surface area contributed by atoms with Crippen molar-refractivity contribution < 1.29 is 24.5 Å². The molecule has 6 nitrogen and oxygen atoms in total. The number of phenolic OH excluding ortho intramolecular Hbond substituents is 1. The molecular weight excluding hydrogens is 262 g/mol. The number of aromatic hydroxyl groups is 1. The molecule has 1 amide bonds. The van der Waals surface area contributed by atoms with Crippen molar-refractivity contribution >= 4 is 11.9 Å². The number of carbonyl (C=O) groups excluding carboxylic acids is 1. The number of carboxylic acids is 1. The van der Waals surface area contributed by atoms with Gasteiger partial charge in [-0.3, -0.25) is 4.79 Å². The van der Waals surface area contributed by atoms with Crippen LogP contribution >= 0.6 is 0 Å². The highest BCUT2D eigenvalue weighted by atomic mass is 16.5. The molecule has 0 aliphatic carbocycles. The number of carbonyl (C=O) groups is 2. The van der Waals surface area contributed by atoms with Crippen LogP contribution in [0.5, 0.6) is 11.5 Å². The van der Waals surface area contributed by atoms with Crippen molar-refractivity contribution in [2.75, 3.05) is 7.11 Å². The number of phenols is 1. The quantitative estimate of drug-likeness (QED) is 0.738. The first-order valence-corrected chi connectivity index (χ1v) is 6.27. The lowest BCUT2D eigenvalue weighted by Crippen LogP contribution is -2.52. The Morgan fingerprint density at radius 2 is 2.05 bits per heavy atom. The first-order valence-electron chi connectivity index (χ1n) is 6.27. The zero-order chi connectivity index (χ0) is 15.3. The van der Waals surface area contributed by atoms with Gasteiger partial charge in [0.1, 0.15) is 5.54 Å². The third kappa shape index (κ3) is 3.40. The SMILES string of the molecule is CCCC(C)(NC(=O)c1ccc(OC)c(O)c1)C(=O)O. The summed E-state index contributed by atoms with van der Waals surface area (Å²) in [4.78, 5) is 23.3. The van der Waals surface area contributed by atoms with Crippen LogP contribution in [-0.2, 0) is 4.79 Å². The van der Waals surface area contributed by atoms with Gasteiger partial charge in [-0.05, 0) is 31.5 Å². The lowest BCUT2D eigenvalue weighted by atomic mass is 9.95. The average molecular weight is 281 g/mol. The topological polar surface area (TPSA) is 95.9 Å². The molecule has 20 heavy (non-hydrogen) atoms. The van der Waals surface area contributed by atoms with Crippen molar-refractivity contribution in [3.63, 3.8) is 0 Å². The van der Waals surface area contributed by atoms with E-state index in [9.17, 15) is 19.8 Å². The molecule has 0 aliphatic rings. The number of amides is 1. The zero-order valence-electron chi connectivity index (χ0n) is 11.8. The molecule has 1 unspecified atom stereocenters. The van der Waals surface area contributed by atoms with Gasteiger partial charge >= 0.3 is 5.97 Å². The van der Waals surface area contributed by atoms with Crippen LogP contribution in [0.2, 0.25) is 0 Å². The third-order valence-corrected chi connectivity index (χ3v) is 3.05. The number of nitrogens with one attached hydrogen (secondary N) is 1. The molecule has 0 aromatic heterocycles. The van der Waals surface area contributed by atoms with E-state index in [0.717, 1.165) is 0 Å². The third-order valence-electron chi connectivity index (χ3n) is 3.05. The average Bonchev–Trinajstić information content (AvgIpc) is 2.38. The van der Waals surface area contributed by atoms with E-state index in [1.165, 1.54) is 32.2 Å². The molecule has 0 heterocycles. The van der Waals surface area contributed by atoms with Gasteiger partial charge in [0.25, 0.3) is 5.91 Å². The molecule has 0 aliphatic heterocycles. The van der Waals surface area contributed by atoms with Crippen LogP contribution in [0.1, 0.15) is 37.0 Å². The summed E-state index contributed by atoms with van der Waals surface area (Å²) in [5.41, 5.74) is -1.16. The molecule has 3 N–H and O–H groups in total. The molecule has 1 aromatic rings. The molecule has 0 spiro atoms. The molecule has 0 fully saturated rings. The Labute approximate surface area is 117 Å². The van der Waals surface area contributed by atoms with E-state index in [1.807, 2.05) is 6.92 Å². The predicted molar refractivity (Wildman–Crippen MR) is 73.1 cm³/mol. The van der Waals surface area contributed by atoms with E-state index in [-0.39, 0.29) is 17.1 Å². The highest BCUT2D eigenvalue weighted by molar-refractivity contribution is 5.98. The van der Waals surface area contributed by atoms with Gasteiger partial charge in [0, 0.05) is 5.56 Å². The number of benzene rings is 1. The van der Waals surface area contributed by atoms with Gasteiger partial charge in [0.15, 0.2) is 11.5 Å². The fourth-order valence-electron chi connectivity index (χ4n) is 1.88. The highest BCUT2D eigenvalue weighted by Crippen LogP contribution is 2.26. The normalized spacial score (nSPS) is 13.3. The first-order chi connectivity index (χ1) is 9.34. The number of rotatable bonds is 6. The van der Waals surface area contributed by atoms with Gasteiger partial charge in [-0.25, -0.2) is 4.79 Å². The summed E-state index contributed by atoms with van der Waals surface area (Å²) in [5.74, 6) is -1.57. The summed E-state index contributed by atoms with van der Waals surface area (Å²) in [6.07, 6.45) is 0.938. The lowest BCUT2D eigenvalue weighted by molar-refractivity contribution is -0.144. The Kier molecular flexibility index (Phi) is 4.96. The molecule has 1 aromatic carbocycles. The molecule has 0 radical (unpaired) electrons. The fourth-order valence-corrected chi connectivity index (χ4v) is 1.88. The summed E-state index contributed by atoms with van der Waals surface area (Å²) in [6, 6.07) is 4.15. The standard InChI is InChI=1S/C14H19NO5/c1-4-7-14(2,13(18)19)15-12(17)9-5-6-11(20-3)10(16)8-9/h5-6,8,16H,4,7H2,1-3H3,(H,15,17)(H,18,19). The van der Waals surface area contributed by atoms with E-state index < -0.39 is 17.4 Å². The minimum absolute atomic E-state index is 0.173. The van der Waals surface area contributed by atoms with Crippen molar-refractivity contribution in [3.8, 4) is 11.5 Å². The Hall–Kier alpha value is -2.24. The minimum atomic E-state index is -1.33. The zero-order valence-corrected chi connectivity index (χ0v) is 11.8. The Morgan fingerprint density at radius 1 is 1.40 bits per heavy atom. The molecule has 6 heteroatoms. The van der Waals surface area contributed by atoms with Gasteiger partial charge in [-0.15, -0.1) is 0 Å². The fraction of sp³-hybridized carbons (Fsp3) is 0.429. The van der Waals surface area contributed by atoms with Crippen molar-refractivity contribution in [1.82, 2.24) is 5.32 Å². The summed E-state index contributed by atoms with van der Waals surface area (Å²) >= 11 is 0. The monoisotopic (exact) mass is 281 g/mol. The Bertz CT molecular complexity index is 514. The van der Waals surface area contributed by atoms with Crippen molar-refractivity contribution in [3.05, 3.63) is 23.8 Å². The Balaban J connectivity index is 2.95. The number of hydrogen-bond acceptors (Lipinski definition) is 4. The molecule has 0 saturated heterocycles. The van der Waals surface area contributed by atoms with Crippen LogP contribution in [0, 0.1) is 0 Å². The van der Waals surface area contributed by atoms with Crippen molar-refractivity contribution in [2.45, 2.75) is 32.2 Å². The summed E-state index contributed by atoms with van der Waals surface area (Å²) in [6.45, 7) is 3.30. The van der Waals surface area contributed by atoms with Crippen molar-refractivity contribution in [2.24, 2.45) is 0 Å². The lowest BCUT2D eigenvalue weighted by Gasteiger charge is -2.25. The van der Waals surface area contributed by atoms with E-state index in [0.29, 0.717) is 12.8 Å². The summed E-state index contributed by atoms with van der Waals surface area (Å²) < 4.78 is 4.88. The second-order valence-corrected chi connectivity index (χ2v) is 4.73. The van der Waals surface area contributed by atoms with Crippen molar-refractivity contribution in [1.29, 1.82) is 0 Å². The number of carboxylic acid groups (broad SMARTS) is 1. The van der Waals surface area contributed by atoms with Crippen LogP contribution in [0.15, 0.2) is 18.2 Å². The van der Waals surface area contributed by atoms with Gasteiger partial charge in [0.2, 0.25) is 0 Å². The highest BCUT2D eigenvalue weighted by Gasteiger charge is 2.34. The summed E-state index contributed by atoms with van der Waals surface area (Å²) in [7, 11) is 1.40. The van der Waals surface area contributed by atoms with E-state index in [1.54, 1.807) is 0 Å². The van der Waals surface area contributed by atoms with Crippen LogP contribution in [0.3, 0.4) is 0 Å². The molecule has 0 bridgehead atoms. The maximum absolute atomic E-state index is 12.1. The summed E-state index contributed by atoms with van der Waals surface area (Å²) in [5, 5.41) is 21.3. The molecule has 1 atom stereocenters. The van der Waals surface area contributed by atoms with Crippen LogP contribution < -0.4 is 10.1 Å². The second kappa shape index (κ2) is 6.27. The maximum Gasteiger partial charge on any atom is 0.329 e. The number of aliphatic carboxylic acids is 1. The smallest absolute Gasteiger partial charge is 0.329 e. The second-order valence-electron chi connectivity index (χ2n) is 4.73. The molecule has 1 rings (SSSR count). The van der Waals surface area contributed by atoms with E-state index >= 15 is 0 Å². The molecule has 110 valence electrons. The van der Waals surface area contributed by atoms with Crippen LogP contribution in [-0.4, -0.2) is 34.7 Å². The first kappa shape index (κ1) is 15.8.